The molecule has 0 aliphatic rings. The van der Waals surface area contributed by atoms with E-state index in [1.165, 1.54) is 5.56 Å². The normalized spacial score (nSPS) is 12.2. The van der Waals surface area contributed by atoms with Crippen LogP contribution in [0.2, 0.25) is 0 Å². The number of benzene rings is 2. The van der Waals surface area contributed by atoms with Crippen molar-refractivity contribution in [3.05, 3.63) is 66.4 Å². The molecule has 21 heavy (non-hydrogen) atoms. The van der Waals surface area contributed by atoms with Crippen LogP contribution in [0.4, 0.5) is 5.95 Å². The van der Waals surface area contributed by atoms with Crippen LogP contribution in [0, 0.1) is 0 Å². The molecule has 0 bridgehead atoms. The van der Waals surface area contributed by atoms with Crippen molar-refractivity contribution in [2.24, 2.45) is 0 Å². The van der Waals surface area contributed by atoms with Gasteiger partial charge in [0.15, 0.2) is 0 Å². The Morgan fingerprint density at radius 2 is 1.76 bits per heavy atom. The second kappa shape index (κ2) is 6.35. The van der Waals surface area contributed by atoms with Crippen molar-refractivity contribution < 1.29 is 0 Å². The number of para-hydroxylation sites is 1. The van der Waals surface area contributed by atoms with Crippen LogP contribution in [0.1, 0.15) is 18.9 Å². The predicted molar refractivity (Wildman–Crippen MR) is 87.4 cm³/mol. The molecule has 1 atom stereocenters. The standard InChI is InChI=1S/C18H19N3/c1-14(11-12-15-7-3-2-4-8-15)20-18-19-13-16-9-5-6-10-17(16)21-18/h2-10,13-14H,11-12H2,1H3,(H,19,20,21). The summed E-state index contributed by atoms with van der Waals surface area (Å²) >= 11 is 0. The van der Waals surface area contributed by atoms with Gasteiger partial charge in [-0.15, -0.1) is 0 Å². The van der Waals surface area contributed by atoms with Crippen molar-refractivity contribution >= 4 is 16.9 Å². The van der Waals surface area contributed by atoms with Crippen molar-refractivity contribution in [2.75, 3.05) is 5.32 Å². The van der Waals surface area contributed by atoms with Crippen LogP contribution in [0.3, 0.4) is 0 Å². The quantitative estimate of drug-likeness (QED) is 0.764. The molecular weight excluding hydrogens is 258 g/mol. The third-order valence-corrected chi connectivity index (χ3v) is 3.57. The summed E-state index contributed by atoms with van der Waals surface area (Å²) in [6.07, 6.45) is 3.98. The van der Waals surface area contributed by atoms with Crippen LogP contribution in [0.5, 0.6) is 0 Å². The van der Waals surface area contributed by atoms with Crippen molar-refractivity contribution in [3.8, 4) is 0 Å². The maximum absolute atomic E-state index is 4.55. The summed E-state index contributed by atoms with van der Waals surface area (Å²) in [7, 11) is 0. The number of rotatable bonds is 5. The SMILES string of the molecule is CC(CCc1ccccc1)Nc1ncc2ccccc2n1. The highest BCUT2D eigenvalue weighted by Gasteiger charge is 2.05. The summed E-state index contributed by atoms with van der Waals surface area (Å²) in [5, 5.41) is 4.45. The Hall–Kier alpha value is -2.42. The number of aromatic nitrogens is 2. The van der Waals surface area contributed by atoms with Crippen LogP contribution in [0.25, 0.3) is 10.9 Å². The number of hydrogen-bond acceptors (Lipinski definition) is 3. The number of nitrogens with one attached hydrogen (secondary N) is 1. The van der Waals surface area contributed by atoms with E-state index in [9.17, 15) is 0 Å². The maximum atomic E-state index is 4.55. The molecule has 3 aromatic rings. The molecule has 0 spiro atoms. The Kier molecular flexibility index (Phi) is 4.10. The van der Waals surface area contributed by atoms with E-state index in [0.29, 0.717) is 12.0 Å². The molecule has 0 aliphatic heterocycles. The minimum atomic E-state index is 0.339. The smallest absolute Gasteiger partial charge is 0.223 e. The van der Waals surface area contributed by atoms with Crippen molar-refractivity contribution in [2.45, 2.75) is 25.8 Å². The van der Waals surface area contributed by atoms with E-state index >= 15 is 0 Å². The lowest BCUT2D eigenvalue weighted by molar-refractivity contribution is 0.699. The fourth-order valence-corrected chi connectivity index (χ4v) is 2.36. The van der Waals surface area contributed by atoms with Crippen LogP contribution in [-0.4, -0.2) is 16.0 Å². The van der Waals surface area contributed by atoms with Crippen LogP contribution >= 0.6 is 0 Å². The third-order valence-electron chi connectivity index (χ3n) is 3.57. The molecule has 1 aromatic heterocycles. The molecule has 0 saturated carbocycles. The Morgan fingerprint density at radius 3 is 2.62 bits per heavy atom. The van der Waals surface area contributed by atoms with Crippen LogP contribution < -0.4 is 5.32 Å². The van der Waals surface area contributed by atoms with Gasteiger partial charge in [0.1, 0.15) is 0 Å². The number of fused-ring (bicyclic) bond motifs is 1. The van der Waals surface area contributed by atoms with Gasteiger partial charge in [-0.05, 0) is 31.4 Å². The lowest BCUT2D eigenvalue weighted by Crippen LogP contribution is -2.17. The van der Waals surface area contributed by atoms with Gasteiger partial charge >= 0.3 is 0 Å². The summed E-state index contributed by atoms with van der Waals surface area (Å²) in [5.74, 6) is 0.703. The van der Waals surface area contributed by atoms with Gasteiger partial charge in [-0.1, -0.05) is 48.5 Å². The molecule has 1 unspecified atom stereocenters. The first-order valence-electron chi connectivity index (χ1n) is 7.33. The fraction of sp³-hybridized carbons (Fsp3) is 0.222. The summed E-state index contributed by atoms with van der Waals surface area (Å²) in [4.78, 5) is 8.93. The van der Waals surface area contributed by atoms with Gasteiger partial charge in [-0.2, -0.15) is 0 Å². The van der Waals surface area contributed by atoms with E-state index in [2.05, 4.69) is 46.5 Å². The first-order chi connectivity index (χ1) is 10.3. The summed E-state index contributed by atoms with van der Waals surface area (Å²) in [6, 6.07) is 18.9. The van der Waals surface area contributed by atoms with Crippen LogP contribution in [0.15, 0.2) is 60.8 Å². The van der Waals surface area contributed by atoms with Crippen molar-refractivity contribution in [3.63, 3.8) is 0 Å². The van der Waals surface area contributed by atoms with E-state index < -0.39 is 0 Å². The Bertz CT molecular complexity index is 710. The van der Waals surface area contributed by atoms with Crippen LogP contribution in [-0.2, 0) is 6.42 Å². The van der Waals surface area contributed by atoms with E-state index in [-0.39, 0.29) is 0 Å². The highest BCUT2D eigenvalue weighted by molar-refractivity contribution is 5.78. The summed E-state index contributed by atoms with van der Waals surface area (Å²) in [6.45, 7) is 2.17. The van der Waals surface area contributed by atoms with E-state index in [1.807, 2.05) is 36.5 Å². The second-order valence-corrected chi connectivity index (χ2v) is 5.32. The minimum Gasteiger partial charge on any atom is -0.352 e. The monoisotopic (exact) mass is 277 g/mol. The van der Waals surface area contributed by atoms with Crippen molar-refractivity contribution in [1.29, 1.82) is 0 Å². The number of nitrogens with zero attached hydrogens (tertiary/aromatic N) is 2. The lowest BCUT2D eigenvalue weighted by atomic mass is 10.1. The maximum Gasteiger partial charge on any atom is 0.223 e. The highest BCUT2D eigenvalue weighted by atomic mass is 15.1. The van der Waals surface area contributed by atoms with Gasteiger partial charge in [0, 0.05) is 17.6 Å². The molecule has 3 rings (SSSR count). The molecule has 2 aromatic carbocycles. The summed E-state index contributed by atoms with van der Waals surface area (Å²) in [5.41, 5.74) is 2.34. The highest BCUT2D eigenvalue weighted by Crippen LogP contribution is 2.13. The zero-order valence-electron chi connectivity index (χ0n) is 12.2. The first-order valence-corrected chi connectivity index (χ1v) is 7.33. The average Bonchev–Trinajstić information content (AvgIpc) is 2.54. The molecular formula is C18H19N3. The average molecular weight is 277 g/mol. The summed E-state index contributed by atoms with van der Waals surface area (Å²) < 4.78 is 0. The number of anilines is 1. The van der Waals surface area contributed by atoms with E-state index in [4.69, 9.17) is 0 Å². The predicted octanol–water partition coefficient (Wildman–Crippen LogP) is 4.06. The third kappa shape index (κ3) is 3.57. The Morgan fingerprint density at radius 1 is 1.00 bits per heavy atom. The molecule has 0 amide bonds. The zero-order chi connectivity index (χ0) is 14.5. The molecule has 3 nitrogen and oxygen atoms in total. The zero-order valence-corrected chi connectivity index (χ0v) is 12.2. The first kappa shape index (κ1) is 13.6. The van der Waals surface area contributed by atoms with Crippen molar-refractivity contribution in [1.82, 2.24) is 9.97 Å². The lowest BCUT2D eigenvalue weighted by Gasteiger charge is -2.14. The molecule has 0 aliphatic carbocycles. The fourth-order valence-electron chi connectivity index (χ4n) is 2.36. The number of aryl methyl sites for hydroxylation is 1. The molecule has 0 radical (unpaired) electrons. The molecule has 3 heteroatoms. The molecule has 106 valence electrons. The molecule has 0 fully saturated rings. The minimum absolute atomic E-state index is 0.339. The van der Waals surface area contributed by atoms with Gasteiger partial charge < -0.3 is 5.32 Å². The Balaban J connectivity index is 1.62. The topological polar surface area (TPSA) is 37.8 Å². The number of hydrogen-bond donors (Lipinski definition) is 1. The van der Waals surface area contributed by atoms with Gasteiger partial charge in [0.2, 0.25) is 5.95 Å². The molecule has 0 saturated heterocycles. The Labute approximate surface area is 125 Å². The molecule has 1 N–H and O–H groups in total. The largest absolute Gasteiger partial charge is 0.352 e. The van der Waals surface area contributed by atoms with E-state index in [0.717, 1.165) is 23.7 Å². The van der Waals surface area contributed by atoms with Gasteiger partial charge in [-0.3, -0.25) is 0 Å². The molecule has 1 heterocycles. The van der Waals surface area contributed by atoms with Gasteiger partial charge in [-0.25, -0.2) is 9.97 Å². The van der Waals surface area contributed by atoms with Gasteiger partial charge in [0.25, 0.3) is 0 Å². The van der Waals surface area contributed by atoms with E-state index in [1.54, 1.807) is 0 Å². The second-order valence-electron chi connectivity index (χ2n) is 5.32. The van der Waals surface area contributed by atoms with Gasteiger partial charge in [0.05, 0.1) is 5.52 Å².